The molecule has 0 saturated heterocycles. The van der Waals surface area contributed by atoms with Crippen LogP contribution in [0.2, 0.25) is 0 Å². The van der Waals surface area contributed by atoms with Crippen molar-refractivity contribution in [2.45, 2.75) is 32.4 Å². The van der Waals surface area contributed by atoms with Crippen LogP contribution in [0.1, 0.15) is 47.4 Å². The fraction of sp³-hybridized carbons (Fsp3) is 0.269. The lowest BCUT2D eigenvalue weighted by Gasteiger charge is -2.27. The van der Waals surface area contributed by atoms with Crippen LogP contribution in [0.25, 0.3) is 11.3 Å². The van der Waals surface area contributed by atoms with Gasteiger partial charge in [-0.15, -0.1) is 0 Å². The Hall–Kier alpha value is -3.87. The molecule has 1 aliphatic rings. The minimum Gasteiger partial charge on any atom is -0.494 e. The van der Waals surface area contributed by atoms with Gasteiger partial charge in [0.05, 0.1) is 24.7 Å². The molecule has 2 aromatic carbocycles. The Balaban J connectivity index is 1.52. The van der Waals surface area contributed by atoms with E-state index in [0.29, 0.717) is 18.8 Å². The Morgan fingerprint density at radius 3 is 2.76 bits per heavy atom. The third kappa shape index (κ3) is 4.14. The van der Waals surface area contributed by atoms with Gasteiger partial charge >= 0.3 is 0 Å². The highest BCUT2D eigenvalue weighted by Gasteiger charge is 2.41. The van der Waals surface area contributed by atoms with Gasteiger partial charge in [0.25, 0.3) is 5.91 Å². The average molecular weight is 442 g/mol. The van der Waals surface area contributed by atoms with Gasteiger partial charge in [-0.2, -0.15) is 5.10 Å². The van der Waals surface area contributed by atoms with Crippen LogP contribution in [0.15, 0.2) is 73.3 Å². The maximum absolute atomic E-state index is 13.5. The van der Waals surface area contributed by atoms with E-state index in [1.165, 1.54) is 0 Å². The minimum absolute atomic E-state index is 0.0183. The molecular weight excluding hydrogens is 414 g/mol. The Morgan fingerprint density at radius 1 is 1.09 bits per heavy atom. The van der Waals surface area contributed by atoms with Crippen molar-refractivity contribution in [3.05, 3.63) is 90.1 Å². The molecule has 0 saturated carbocycles. The van der Waals surface area contributed by atoms with Crippen molar-refractivity contribution in [1.82, 2.24) is 24.6 Å². The fourth-order valence-electron chi connectivity index (χ4n) is 4.43. The SMILES string of the molecule is CCCOc1cccc(C2c3c(-c4ccccc4)n[nH]c3C(=O)N2CCCn2ccnc2)c1. The summed E-state index contributed by atoms with van der Waals surface area (Å²) in [4.78, 5) is 19.5. The number of carbonyl (C=O) groups is 1. The van der Waals surface area contributed by atoms with E-state index < -0.39 is 0 Å². The number of nitrogens with zero attached hydrogens (tertiary/aromatic N) is 4. The van der Waals surface area contributed by atoms with Gasteiger partial charge in [-0.25, -0.2) is 4.98 Å². The number of nitrogens with one attached hydrogen (secondary N) is 1. The molecule has 0 bridgehead atoms. The molecule has 1 atom stereocenters. The zero-order chi connectivity index (χ0) is 22.6. The monoisotopic (exact) mass is 441 g/mol. The number of aryl methyl sites for hydroxylation is 1. The molecule has 1 N–H and O–H groups in total. The minimum atomic E-state index is -0.227. The predicted molar refractivity (Wildman–Crippen MR) is 126 cm³/mol. The highest BCUT2D eigenvalue weighted by molar-refractivity contribution is 6.00. The Morgan fingerprint density at radius 2 is 1.97 bits per heavy atom. The fourth-order valence-corrected chi connectivity index (χ4v) is 4.43. The van der Waals surface area contributed by atoms with E-state index in [2.05, 4.69) is 28.2 Å². The number of aromatic amines is 1. The lowest BCUT2D eigenvalue weighted by atomic mass is 9.96. The van der Waals surface area contributed by atoms with E-state index in [9.17, 15) is 4.79 Å². The zero-order valence-electron chi connectivity index (χ0n) is 18.6. The molecular formula is C26H27N5O2. The third-order valence-corrected chi connectivity index (χ3v) is 5.93. The molecule has 0 aliphatic carbocycles. The first-order valence-corrected chi connectivity index (χ1v) is 11.4. The standard InChI is InChI=1S/C26H27N5O2/c1-2-16-33-21-11-6-10-20(17-21)25-22-23(19-8-4-3-5-9-19)28-29-24(22)26(32)31(25)14-7-13-30-15-12-27-18-30/h3-6,8-12,15,17-18,25H,2,7,13-14,16H2,1H3,(H,28,29). The summed E-state index contributed by atoms with van der Waals surface area (Å²) in [6, 6.07) is 17.9. The van der Waals surface area contributed by atoms with Crippen LogP contribution in [0.5, 0.6) is 5.75 Å². The first-order chi connectivity index (χ1) is 16.3. The number of amides is 1. The number of hydrogen-bond acceptors (Lipinski definition) is 4. The summed E-state index contributed by atoms with van der Waals surface area (Å²) in [5, 5.41) is 7.57. The summed E-state index contributed by atoms with van der Waals surface area (Å²) in [6.45, 7) is 4.17. The van der Waals surface area contributed by atoms with Crippen molar-refractivity contribution in [2.24, 2.45) is 0 Å². The largest absolute Gasteiger partial charge is 0.494 e. The molecule has 5 rings (SSSR count). The van der Waals surface area contributed by atoms with Gasteiger partial charge in [0.2, 0.25) is 0 Å². The van der Waals surface area contributed by atoms with Crippen LogP contribution in [0.4, 0.5) is 0 Å². The molecule has 168 valence electrons. The van der Waals surface area contributed by atoms with E-state index in [0.717, 1.165) is 47.5 Å². The summed E-state index contributed by atoms with van der Waals surface area (Å²) >= 11 is 0. The van der Waals surface area contributed by atoms with Gasteiger partial charge in [-0.3, -0.25) is 9.89 Å². The van der Waals surface area contributed by atoms with Crippen LogP contribution in [0.3, 0.4) is 0 Å². The second-order valence-electron chi connectivity index (χ2n) is 8.20. The lowest BCUT2D eigenvalue weighted by Crippen LogP contribution is -2.31. The van der Waals surface area contributed by atoms with Crippen LogP contribution in [-0.2, 0) is 6.54 Å². The first-order valence-electron chi connectivity index (χ1n) is 11.4. The Bertz CT molecular complexity index is 1220. The van der Waals surface area contributed by atoms with Gasteiger partial charge in [0.15, 0.2) is 0 Å². The number of aromatic nitrogens is 4. The number of H-pyrrole nitrogens is 1. The maximum Gasteiger partial charge on any atom is 0.273 e. The van der Waals surface area contributed by atoms with Crippen LogP contribution < -0.4 is 4.74 Å². The van der Waals surface area contributed by atoms with Crippen LogP contribution >= 0.6 is 0 Å². The maximum atomic E-state index is 13.5. The van der Waals surface area contributed by atoms with E-state index in [4.69, 9.17) is 4.74 Å². The smallest absolute Gasteiger partial charge is 0.273 e. The Labute approximate surface area is 193 Å². The van der Waals surface area contributed by atoms with Gasteiger partial charge in [0.1, 0.15) is 11.4 Å². The number of carbonyl (C=O) groups excluding carboxylic acids is 1. The van der Waals surface area contributed by atoms with Crippen molar-refractivity contribution in [1.29, 1.82) is 0 Å². The van der Waals surface area contributed by atoms with Gasteiger partial charge in [-0.1, -0.05) is 49.4 Å². The second-order valence-corrected chi connectivity index (χ2v) is 8.20. The van der Waals surface area contributed by atoms with E-state index in [1.807, 2.05) is 64.2 Å². The average Bonchev–Trinajstić information content (AvgIpc) is 3.58. The summed E-state index contributed by atoms with van der Waals surface area (Å²) in [5.41, 5.74) is 4.34. The second kappa shape index (κ2) is 9.32. The number of rotatable bonds is 9. The number of ether oxygens (including phenoxy) is 1. The first kappa shape index (κ1) is 21.0. The Kier molecular flexibility index (Phi) is 5.93. The number of benzene rings is 2. The van der Waals surface area contributed by atoms with Crippen LogP contribution in [-0.4, -0.2) is 43.7 Å². The summed E-state index contributed by atoms with van der Waals surface area (Å²) in [5.74, 6) is 0.800. The third-order valence-electron chi connectivity index (χ3n) is 5.93. The predicted octanol–water partition coefficient (Wildman–Crippen LogP) is 4.70. The molecule has 7 heteroatoms. The summed E-state index contributed by atoms with van der Waals surface area (Å²) in [7, 11) is 0. The molecule has 0 spiro atoms. The molecule has 0 radical (unpaired) electrons. The highest BCUT2D eigenvalue weighted by Crippen LogP contribution is 2.43. The summed E-state index contributed by atoms with van der Waals surface area (Å²) in [6.07, 6.45) is 7.28. The number of hydrogen-bond donors (Lipinski definition) is 1. The number of fused-ring (bicyclic) bond motifs is 1. The van der Waals surface area contributed by atoms with Crippen molar-refractivity contribution >= 4 is 5.91 Å². The van der Waals surface area contributed by atoms with E-state index in [-0.39, 0.29) is 11.9 Å². The molecule has 1 amide bonds. The molecule has 4 aromatic rings. The van der Waals surface area contributed by atoms with Crippen LogP contribution in [0, 0.1) is 0 Å². The topological polar surface area (TPSA) is 76.0 Å². The molecule has 0 fully saturated rings. The molecule has 7 nitrogen and oxygen atoms in total. The lowest BCUT2D eigenvalue weighted by molar-refractivity contribution is 0.0739. The van der Waals surface area contributed by atoms with Crippen molar-refractivity contribution in [3.8, 4) is 17.0 Å². The zero-order valence-corrected chi connectivity index (χ0v) is 18.6. The molecule has 33 heavy (non-hydrogen) atoms. The van der Waals surface area contributed by atoms with Gasteiger partial charge in [-0.05, 0) is 30.5 Å². The normalized spacial score (nSPS) is 15.1. The van der Waals surface area contributed by atoms with Crippen molar-refractivity contribution in [3.63, 3.8) is 0 Å². The number of imidazole rings is 1. The molecule has 2 aromatic heterocycles. The summed E-state index contributed by atoms with van der Waals surface area (Å²) < 4.78 is 7.93. The van der Waals surface area contributed by atoms with Crippen molar-refractivity contribution < 1.29 is 9.53 Å². The van der Waals surface area contributed by atoms with Gasteiger partial charge in [0, 0.05) is 36.6 Å². The van der Waals surface area contributed by atoms with E-state index >= 15 is 0 Å². The molecule has 1 unspecified atom stereocenters. The molecule has 3 heterocycles. The van der Waals surface area contributed by atoms with E-state index in [1.54, 1.807) is 12.5 Å². The quantitative estimate of drug-likeness (QED) is 0.409. The van der Waals surface area contributed by atoms with Crippen molar-refractivity contribution in [2.75, 3.05) is 13.2 Å². The molecule has 1 aliphatic heterocycles. The van der Waals surface area contributed by atoms with Gasteiger partial charge < -0.3 is 14.2 Å². The highest BCUT2D eigenvalue weighted by atomic mass is 16.5.